The number of carbonyl (C=O) groups excluding carboxylic acids is 1. The lowest BCUT2D eigenvalue weighted by atomic mass is 9.86. The Hall–Kier alpha value is -0.620. The summed E-state index contributed by atoms with van der Waals surface area (Å²) < 4.78 is 21.7. The fraction of sp³-hybridized carbons (Fsp3) is 0.917. The Morgan fingerprint density at radius 3 is 2.22 bits per heavy atom. The first-order valence-corrected chi connectivity index (χ1v) is 8.22. The molecule has 0 unspecified atom stereocenters. The second kappa shape index (κ2) is 5.17. The molecule has 5 nitrogen and oxygen atoms in total. The second-order valence-electron chi connectivity index (χ2n) is 5.88. The molecule has 0 heterocycles. The highest BCUT2D eigenvalue weighted by Crippen LogP contribution is 2.36. The van der Waals surface area contributed by atoms with Crippen LogP contribution in [0.2, 0.25) is 0 Å². The third-order valence-electron chi connectivity index (χ3n) is 4.19. The highest BCUT2D eigenvalue weighted by Gasteiger charge is 2.40. The lowest BCUT2D eigenvalue weighted by Crippen LogP contribution is -2.51. The van der Waals surface area contributed by atoms with Crippen molar-refractivity contribution in [3.63, 3.8) is 0 Å². The maximum absolute atomic E-state index is 12.0. The predicted molar refractivity (Wildman–Crippen MR) is 71.9 cm³/mol. The van der Waals surface area contributed by atoms with E-state index in [1.165, 1.54) is 13.8 Å². The van der Waals surface area contributed by atoms with Crippen molar-refractivity contribution >= 4 is 15.7 Å². The molecule has 0 saturated heterocycles. The summed E-state index contributed by atoms with van der Waals surface area (Å²) in [5.41, 5.74) is 5.74. The number of sulfone groups is 1. The molecule has 1 saturated carbocycles. The third-order valence-corrected chi connectivity index (χ3v) is 6.23. The van der Waals surface area contributed by atoms with Crippen molar-refractivity contribution in [3.05, 3.63) is 0 Å². The molecule has 0 atom stereocenters. The monoisotopic (exact) mass is 276 g/mol. The Labute approximate surface area is 109 Å². The Bertz CT molecular complexity index is 409. The average molecular weight is 276 g/mol. The van der Waals surface area contributed by atoms with Crippen LogP contribution in [0.25, 0.3) is 0 Å². The Kier molecular flexibility index (Phi) is 4.43. The van der Waals surface area contributed by atoms with Crippen LogP contribution in [0.4, 0.5) is 0 Å². The van der Waals surface area contributed by atoms with E-state index < -0.39 is 20.5 Å². The average Bonchev–Trinajstić information content (AvgIpc) is 2.73. The predicted octanol–water partition coefficient (Wildman–Crippen LogP) is 0.445. The molecule has 0 aromatic rings. The SMILES string of the molecule is CC(C)(C(=O)NCC1(CN)CCCC1)S(C)(=O)=O. The zero-order valence-corrected chi connectivity index (χ0v) is 12.3. The van der Waals surface area contributed by atoms with Gasteiger partial charge in [-0.25, -0.2) is 8.42 Å². The number of nitrogens with one attached hydrogen (secondary N) is 1. The summed E-state index contributed by atoms with van der Waals surface area (Å²) >= 11 is 0. The quantitative estimate of drug-likeness (QED) is 0.762. The number of carbonyl (C=O) groups is 1. The van der Waals surface area contributed by atoms with Gasteiger partial charge >= 0.3 is 0 Å². The molecule has 0 aliphatic heterocycles. The van der Waals surface area contributed by atoms with E-state index in [-0.39, 0.29) is 5.41 Å². The van der Waals surface area contributed by atoms with Gasteiger partial charge in [-0.05, 0) is 38.6 Å². The lowest BCUT2D eigenvalue weighted by Gasteiger charge is -2.30. The fourth-order valence-corrected chi connectivity index (χ4v) is 2.64. The molecule has 106 valence electrons. The highest BCUT2D eigenvalue weighted by molar-refractivity contribution is 7.92. The number of amides is 1. The normalized spacial score (nSPS) is 19.8. The summed E-state index contributed by atoms with van der Waals surface area (Å²) in [6.07, 6.45) is 5.35. The van der Waals surface area contributed by atoms with Gasteiger partial charge < -0.3 is 11.1 Å². The Balaban J connectivity index is 2.66. The maximum atomic E-state index is 12.0. The first-order chi connectivity index (χ1) is 8.15. The van der Waals surface area contributed by atoms with E-state index in [0.29, 0.717) is 13.1 Å². The van der Waals surface area contributed by atoms with Crippen molar-refractivity contribution in [3.8, 4) is 0 Å². The molecule has 0 aromatic carbocycles. The van der Waals surface area contributed by atoms with E-state index in [1.54, 1.807) is 0 Å². The maximum Gasteiger partial charge on any atom is 0.240 e. The van der Waals surface area contributed by atoms with Gasteiger partial charge in [0.05, 0.1) is 0 Å². The molecule has 1 aliphatic carbocycles. The largest absolute Gasteiger partial charge is 0.354 e. The molecular formula is C12H24N2O3S. The van der Waals surface area contributed by atoms with Gasteiger partial charge in [0.1, 0.15) is 4.75 Å². The van der Waals surface area contributed by atoms with Crippen molar-refractivity contribution < 1.29 is 13.2 Å². The minimum Gasteiger partial charge on any atom is -0.354 e. The second-order valence-corrected chi connectivity index (χ2v) is 8.44. The Morgan fingerprint density at radius 2 is 1.83 bits per heavy atom. The van der Waals surface area contributed by atoms with Crippen LogP contribution < -0.4 is 11.1 Å². The lowest BCUT2D eigenvalue weighted by molar-refractivity contribution is -0.123. The fourth-order valence-electron chi connectivity index (χ4n) is 2.23. The minimum atomic E-state index is -3.42. The van der Waals surface area contributed by atoms with Crippen molar-refractivity contribution in [2.75, 3.05) is 19.3 Å². The van der Waals surface area contributed by atoms with Crippen LogP contribution in [-0.4, -0.2) is 38.4 Å². The summed E-state index contributed by atoms with van der Waals surface area (Å²) in [7, 11) is -3.42. The zero-order valence-electron chi connectivity index (χ0n) is 11.5. The molecule has 0 bridgehead atoms. The molecule has 1 rings (SSSR count). The number of nitrogens with two attached hydrogens (primary N) is 1. The van der Waals surface area contributed by atoms with Crippen molar-refractivity contribution in [1.29, 1.82) is 0 Å². The van der Waals surface area contributed by atoms with Crippen molar-refractivity contribution in [2.24, 2.45) is 11.1 Å². The van der Waals surface area contributed by atoms with Gasteiger partial charge in [-0.1, -0.05) is 12.8 Å². The summed E-state index contributed by atoms with van der Waals surface area (Å²) in [4.78, 5) is 12.0. The highest BCUT2D eigenvalue weighted by atomic mass is 32.2. The number of rotatable bonds is 5. The van der Waals surface area contributed by atoms with Crippen LogP contribution in [0.15, 0.2) is 0 Å². The molecule has 0 radical (unpaired) electrons. The summed E-state index contributed by atoms with van der Waals surface area (Å²) in [6, 6.07) is 0. The summed E-state index contributed by atoms with van der Waals surface area (Å²) in [5.74, 6) is -0.440. The minimum absolute atomic E-state index is 0.0384. The van der Waals surface area contributed by atoms with E-state index in [4.69, 9.17) is 5.73 Å². The standard InChI is InChI=1S/C12H24N2O3S/c1-11(2,18(3,16)17)10(15)14-9-12(8-13)6-4-5-7-12/h4-9,13H2,1-3H3,(H,14,15). The van der Waals surface area contributed by atoms with Crippen molar-refractivity contribution in [1.82, 2.24) is 5.32 Å². The van der Waals surface area contributed by atoms with Gasteiger partial charge in [-0.3, -0.25) is 4.79 Å². The Morgan fingerprint density at radius 1 is 1.33 bits per heavy atom. The first-order valence-electron chi connectivity index (χ1n) is 6.33. The van der Waals surface area contributed by atoms with Gasteiger partial charge in [0.2, 0.25) is 5.91 Å². The van der Waals surface area contributed by atoms with E-state index in [2.05, 4.69) is 5.32 Å². The molecule has 3 N–H and O–H groups in total. The van der Waals surface area contributed by atoms with Gasteiger partial charge in [0.15, 0.2) is 9.84 Å². The van der Waals surface area contributed by atoms with Gasteiger partial charge in [-0.2, -0.15) is 0 Å². The molecule has 1 fully saturated rings. The number of hydrogen-bond donors (Lipinski definition) is 2. The van der Waals surface area contributed by atoms with Gasteiger partial charge in [0, 0.05) is 12.8 Å². The third kappa shape index (κ3) is 3.03. The van der Waals surface area contributed by atoms with Crippen LogP contribution in [-0.2, 0) is 14.6 Å². The first kappa shape index (κ1) is 15.4. The molecule has 18 heavy (non-hydrogen) atoms. The summed E-state index contributed by atoms with van der Waals surface area (Å²) in [6.45, 7) is 3.87. The topological polar surface area (TPSA) is 89.3 Å². The molecule has 1 aliphatic rings. The molecule has 6 heteroatoms. The van der Waals surface area contributed by atoms with Crippen LogP contribution in [0.1, 0.15) is 39.5 Å². The van der Waals surface area contributed by atoms with Gasteiger partial charge in [-0.15, -0.1) is 0 Å². The van der Waals surface area contributed by atoms with E-state index >= 15 is 0 Å². The molecular weight excluding hydrogens is 252 g/mol. The molecule has 1 amide bonds. The van der Waals surface area contributed by atoms with Crippen LogP contribution in [0.5, 0.6) is 0 Å². The van der Waals surface area contributed by atoms with Crippen LogP contribution in [0.3, 0.4) is 0 Å². The van der Waals surface area contributed by atoms with Crippen LogP contribution >= 0.6 is 0 Å². The van der Waals surface area contributed by atoms with E-state index in [1.807, 2.05) is 0 Å². The molecule has 0 spiro atoms. The van der Waals surface area contributed by atoms with Crippen LogP contribution in [0, 0.1) is 5.41 Å². The van der Waals surface area contributed by atoms with Gasteiger partial charge in [0.25, 0.3) is 0 Å². The number of hydrogen-bond acceptors (Lipinski definition) is 4. The summed E-state index contributed by atoms with van der Waals surface area (Å²) in [5, 5.41) is 2.77. The van der Waals surface area contributed by atoms with E-state index in [0.717, 1.165) is 31.9 Å². The molecule has 0 aromatic heterocycles. The smallest absolute Gasteiger partial charge is 0.240 e. The van der Waals surface area contributed by atoms with Crippen molar-refractivity contribution in [2.45, 2.75) is 44.3 Å². The zero-order chi connectivity index (χ0) is 14.0. The van der Waals surface area contributed by atoms with E-state index in [9.17, 15) is 13.2 Å².